The number of nitrogens with zero attached hydrogens (tertiary/aromatic N) is 4. The van der Waals surface area contributed by atoms with Gasteiger partial charge in [0, 0.05) is 27.7 Å². The Hall–Kier alpha value is -2.20. The number of hydrazine groups is 1. The van der Waals surface area contributed by atoms with Gasteiger partial charge in [-0.05, 0) is 37.0 Å². The van der Waals surface area contributed by atoms with Crippen molar-refractivity contribution in [2.45, 2.75) is 41.9 Å². The summed E-state index contributed by atoms with van der Waals surface area (Å²) in [7, 11) is 0. The smallest absolute Gasteiger partial charge is 0.352 e. The Bertz CT molecular complexity index is 1370. The molecule has 4 heterocycles. The lowest BCUT2D eigenvalue weighted by molar-refractivity contribution is -0.150. The van der Waals surface area contributed by atoms with Crippen LogP contribution in [0, 0.1) is 0 Å². The van der Waals surface area contributed by atoms with Crippen molar-refractivity contribution in [1.82, 2.24) is 20.2 Å². The van der Waals surface area contributed by atoms with E-state index in [9.17, 15) is 19.5 Å². The van der Waals surface area contributed by atoms with Crippen molar-refractivity contribution in [2.24, 2.45) is 16.6 Å². The molecule has 1 aromatic heterocycles. The van der Waals surface area contributed by atoms with E-state index in [4.69, 9.17) is 34.8 Å². The van der Waals surface area contributed by atoms with Gasteiger partial charge in [-0.1, -0.05) is 35.4 Å². The Morgan fingerprint density at radius 1 is 1.25 bits per heavy atom. The Morgan fingerprint density at radius 2 is 2.00 bits per heavy atom. The van der Waals surface area contributed by atoms with E-state index >= 15 is 0 Å². The number of thioether (sulfide) groups is 3. The molecule has 1 fully saturated rings. The van der Waals surface area contributed by atoms with E-state index in [1.807, 2.05) is 6.08 Å². The van der Waals surface area contributed by atoms with E-state index in [1.165, 1.54) is 45.2 Å². The quantitative estimate of drug-likeness (QED) is 0.143. The van der Waals surface area contributed by atoms with Gasteiger partial charge in [0.05, 0.1) is 10.8 Å². The molecule has 0 aromatic carbocycles. The number of fused-ring (bicyclic) bond motifs is 1. The summed E-state index contributed by atoms with van der Waals surface area (Å²) in [6, 6.07) is 2.37. The summed E-state index contributed by atoms with van der Waals surface area (Å²) >= 11 is 15.9. The molecule has 11 nitrogen and oxygen atoms in total. The number of β-lactam (4-membered cyclic amide) rings is 1. The highest BCUT2D eigenvalue weighted by atomic mass is 35.5. The fraction of sp³-hybridized carbons (Fsp3) is 0.375. The predicted molar refractivity (Wildman–Crippen MR) is 159 cm³/mol. The van der Waals surface area contributed by atoms with Gasteiger partial charge in [0.25, 0.3) is 5.91 Å². The van der Waals surface area contributed by atoms with Crippen LogP contribution in [0.2, 0.25) is 10.3 Å². The third kappa shape index (κ3) is 6.03. The lowest BCUT2D eigenvalue weighted by atomic mass is 10.0. The lowest BCUT2D eigenvalue weighted by Gasteiger charge is -2.49. The Kier molecular flexibility index (Phi) is 9.05. The van der Waals surface area contributed by atoms with Crippen molar-refractivity contribution in [3.05, 3.63) is 57.1 Å². The molecule has 16 heteroatoms. The van der Waals surface area contributed by atoms with E-state index in [2.05, 4.69) is 15.3 Å². The zero-order valence-electron chi connectivity index (χ0n) is 20.9. The summed E-state index contributed by atoms with van der Waals surface area (Å²) in [6.07, 6.45) is 5.77. The van der Waals surface area contributed by atoms with Crippen LogP contribution < -0.4 is 16.9 Å². The van der Waals surface area contributed by atoms with Gasteiger partial charge in [-0.15, -0.1) is 35.3 Å². The highest BCUT2D eigenvalue weighted by Gasteiger charge is 2.53. The zero-order valence-corrected chi connectivity index (χ0v) is 24.8. The molecule has 5 rings (SSSR count). The highest BCUT2D eigenvalue weighted by Crippen LogP contribution is 2.41. The summed E-state index contributed by atoms with van der Waals surface area (Å²) in [5, 5.41) is 15.0. The van der Waals surface area contributed by atoms with Gasteiger partial charge in [-0.3, -0.25) is 25.2 Å². The van der Waals surface area contributed by atoms with Crippen LogP contribution in [-0.2, 0) is 14.4 Å². The van der Waals surface area contributed by atoms with Gasteiger partial charge >= 0.3 is 5.97 Å². The predicted octanol–water partition coefficient (Wildman–Crippen LogP) is 2.78. The Morgan fingerprint density at radius 3 is 2.73 bits per heavy atom. The van der Waals surface area contributed by atoms with Gasteiger partial charge in [0.15, 0.2) is 6.29 Å². The lowest BCUT2D eigenvalue weighted by Crippen LogP contribution is -2.70. The maximum Gasteiger partial charge on any atom is 0.352 e. The van der Waals surface area contributed by atoms with Crippen molar-refractivity contribution >= 4 is 81.3 Å². The van der Waals surface area contributed by atoms with Gasteiger partial charge in [0.2, 0.25) is 5.91 Å². The fourth-order valence-electron chi connectivity index (χ4n) is 4.77. The molecule has 40 heavy (non-hydrogen) atoms. The largest absolute Gasteiger partial charge is 0.477 e. The number of amides is 2. The molecule has 0 saturated carbocycles. The first-order chi connectivity index (χ1) is 19.1. The van der Waals surface area contributed by atoms with E-state index < -0.39 is 29.6 Å². The molecule has 1 aromatic rings. The number of carboxylic acid groups (broad SMARTS) is 1. The average molecular weight is 643 g/mol. The number of carboxylic acids is 1. The third-order valence-electron chi connectivity index (χ3n) is 6.55. The van der Waals surface area contributed by atoms with Crippen LogP contribution in [0.25, 0.3) is 0 Å². The fourth-order valence-corrected chi connectivity index (χ4v) is 8.37. The minimum atomic E-state index is -1.19. The first-order valence-corrected chi connectivity index (χ1v) is 16.0. The molecule has 0 spiro atoms. The van der Waals surface area contributed by atoms with Crippen LogP contribution in [0.1, 0.15) is 19.3 Å². The number of carbonyl (C=O) groups is 3. The van der Waals surface area contributed by atoms with Crippen molar-refractivity contribution in [1.29, 1.82) is 0 Å². The topological polar surface area (TPSA) is 167 Å². The van der Waals surface area contributed by atoms with Crippen LogP contribution in [0.15, 0.2) is 56.7 Å². The molecule has 212 valence electrons. The van der Waals surface area contributed by atoms with Gasteiger partial charge in [-0.2, -0.15) is 0 Å². The second-order valence-corrected chi connectivity index (χ2v) is 13.1. The van der Waals surface area contributed by atoms with E-state index in [1.54, 1.807) is 18.2 Å². The first-order valence-electron chi connectivity index (χ1n) is 12.2. The molecule has 1 aliphatic carbocycles. The number of aliphatic imine (C=N–C) groups is 1. The summed E-state index contributed by atoms with van der Waals surface area (Å²) in [4.78, 5) is 47.9. The number of carbonyl (C=O) groups excluding carboxylic acids is 2. The summed E-state index contributed by atoms with van der Waals surface area (Å²) in [5.74, 6) is 4.99. The number of hydrogen-bond acceptors (Lipinski definition) is 11. The van der Waals surface area contributed by atoms with Crippen LogP contribution in [0.3, 0.4) is 0 Å². The van der Waals surface area contributed by atoms with Crippen molar-refractivity contribution in [3.63, 3.8) is 0 Å². The standard InChI is InChI=1S/C24H25Cl2N7O4S3/c25-15-7-12(8-16(26)29-15)39-10-17(34)30-18-21(35)32-19(23(36)37)11(9-40-22(18)32)3-2-6-38-20-13-4-1-5-14(13)33(28)24(27)31-20/h2-3,7-8,18,22,24H,1,4-6,9-10,27-28H2,(H,30,34)(H,36,37)/b3-2+/t18-,22-,24?/m1/s1. The molecule has 0 radical (unpaired) electrons. The van der Waals surface area contributed by atoms with Crippen molar-refractivity contribution < 1.29 is 19.5 Å². The molecular formula is C24H25Cl2N7O4S3. The van der Waals surface area contributed by atoms with Crippen LogP contribution in [-0.4, -0.2) is 77.8 Å². The number of pyridine rings is 1. The number of rotatable bonds is 8. The number of nitrogens with two attached hydrogens (primary N) is 2. The van der Waals surface area contributed by atoms with E-state index in [-0.39, 0.29) is 27.7 Å². The van der Waals surface area contributed by atoms with Gasteiger partial charge in [-0.25, -0.2) is 20.6 Å². The minimum absolute atomic E-state index is 0.0308. The second-order valence-electron chi connectivity index (χ2n) is 9.12. The molecule has 0 bridgehead atoms. The van der Waals surface area contributed by atoms with Crippen LogP contribution >= 0.6 is 58.5 Å². The first kappa shape index (κ1) is 29.3. The van der Waals surface area contributed by atoms with Gasteiger partial charge < -0.3 is 10.4 Å². The second kappa shape index (κ2) is 12.3. The number of halogens is 2. The average Bonchev–Trinajstić information content (AvgIpc) is 3.40. The summed E-state index contributed by atoms with van der Waals surface area (Å²) < 4.78 is 0. The monoisotopic (exact) mass is 641 g/mol. The van der Waals surface area contributed by atoms with E-state index in [0.717, 1.165) is 35.6 Å². The number of allylic oxidation sites excluding steroid dienone is 2. The molecule has 1 saturated heterocycles. The molecule has 4 aliphatic rings. The SMILES string of the molecule is NC1N=C(SC/C=C/C2=C(C(=O)O)N3C(=O)[C@@H](NC(=O)CSc4cc(Cl)nc(Cl)c4)[C@H]3SC2)C2=C(CCC2)N1N. The van der Waals surface area contributed by atoms with Crippen LogP contribution in [0.5, 0.6) is 0 Å². The summed E-state index contributed by atoms with van der Waals surface area (Å²) in [5.41, 5.74) is 8.66. The van der Waals surface area contributed by atoms with E-state index in [0.29, 0.717) is 22.0 Å². The van der Waals surface area contributed by atoms with Crippen LogP contribution in [0.4, 0.5) is 0 Å². The zero-order chi connectivity index (χ0) is 28.6. The van der Waals surface area contributed by atoms with Crippen molar-refractivity contribution in [2.75, 3.05) is 17.3 Å². The Balaban J connectivity index is 1.19. The van der Waals surface area contributed by atoms with Gasteiger partial charge in [0.1, 0.15) is 27.4 Å². The number of hydrogen-bond donors (Lipinski definition) is 4. The normalized spacial score (nSPS) is 24.2. The summed E-state index contributed by atoms with van der Waals surface area (Å²) in [6.45, 7) is 0. The minimum Gasteiger partial charge on any atom is -0.477 e. The number of aromatic nitrogens is 1. The molecule has 1 unspecified atom stereocenters. The number of nitrogens with one attached hydrogen (secondary N) is 1. The molecular weight excluding hydrogens is 617 g/mol. The molecule has 3 aliphatic heterocycles. The third-order valence-corrected chi connectivity index (χ3v) is 10.2. The van der Waals surface area contributed by atoms with Crippen molar-refractivity contribution in [3.8, 4) is 0 Å². The maximum absolute atomic E-state index is 12.9. The maximum atomic E-state index is 12.9. The molecule has 3 atom stereocenters. The Labute approximate surface area is 252 Å². The highest BCUT2D eigenvalue weighted by molar-refractivity contribution is 8.14. The molecule has 6 N–H and O–H groups in total. The molecule has 2 amide bonds. The number of aliphatic carboxylic acids is 1.